The average Bonchev–Trinajstić information content (AvgIpc) is 2.33. The molecule has 1 aromatic carbocycles. The number of nitrogens with two attached hydrogens (primary N) is 1. The Kier molecular flexibility index (Phi) is 4.23. The van der Waals surface area contributed by atoms with Crippen LogP contribution in [0.4, 0.5) is 10.1 Å². The Bertz CT molecular complexity index is 414. The molecule has 0 saturated carbocycles. The third-order valence-electron chi connectivity index (χ3n) is 3.15. The van der Waals surface area contributed by atoms with Crippen molar-refractivity contribution in [2.75, 3.05) is 5.32 Å². The van der Waals surface area contributed by atoms with Gasteiger partial charge in [-0.2, -0.15) is 0 Å². The lowest BCUT2D eigenvalue weighted by Gasteiger charge is -2.25. The quantitative estimate of drug-likeness (QED) is 0.847. The number of halogens is 1. The van der Waals surface area contributed by atoms with E-state index in [9.17, 15) is 9.18 Å². The molecule has 0 unspecified atom stereocenters. The van der Waals surface area contributed by atoms with Crippen molar-refractivity contribution in [3.05, 3.63) is 29.6 Å². The van der Waals surface area contributed by atoms with Crippen LogP contribution in [0, 0.1) is 12.7 Å². The van der Waals surface area contributed by atoms with E-state index in [-0.39, 0.29) is 11.6 Å². The average molecular weight is 238 g/mol. The van der Waals surface area contributed by atoms with Crippen molar-refractivity contribution in [3.63, 3.8) is 0 Å². The summed E-state index contributed by atoms with van der Waals surface area (Å²) in [5.74, 6) is -0.748. The van der Waals surface area contributed by atoms with Crippen LogP contribution < -0.4 is 11.1 Å². The van der Waals surface area contributed by atoms with Crippen molar-refractivity contribution in [3.8, 4) is 0 Å². The molecular formula is C13H19FN2O. The molecule has 1 amide bonds. The first-order chi connectivity index (χ1) is 7.94. The predicted octanol–water partition coefficient (Wildman–Crippen LogP) is 2.59. The van der Waals surface area contributed by atoms with Gasteiger partial charge in [0.05, 0.1) is 11.2 Å². The first-order valence-corrected chi connectivity index (χ1v) is 5.80. The van der Waals surface area contributed by atoms with Crippen LogP contribution in [0.1, 0.15) is 32.3 Å². The summed E-state index contributed by atoms with van der Waals surface area (Å²) in [5, 5.41) is 2.55. The summed E-state index contributed by atoms with van der Waals surface area (Å²) in [6.45, 7) is 5.34. The van der Waals surface area contributed by atoms with E-state index < -0.39 is 11.4 Å². The molecule has 0 spiro atoms. The molecule has 0 aromatic heterocycles. The van der Waals surface area contributed by atoms with E-state index in [2.05, 4.69) is 5.32 Å². The molecule has 3 N–H and O–H groups in total. The minimum absolute atomic E-state index is 0.187. The molecule has 0 heterocycles. The molecule has 94 valence electrons. The summed E-state index contributed by atoms with van der Waals surface area (Å²) in [6.07, 6.45) is 1.03. The maximum atomic E-state index is 13.7. The van der Waals surface area contributed by atoms with Crippen LogP contribution in [0.2, 0.25) is 0 Å². The molecule has 0 bridgehead atoms. The highest BCUT2D eigenvalue weighted by Gasteiger charge is 2.30. The van der Waals surface area contributed by atoms with Gasteiger partial charge in [0.25, 0.3) is 0 Å². The Morgan fingerprint density at radius 2 is 2.00 bits per heavy atom. The smallest absolute Gasteiger partial charge is 0.244 e. The molecule has 0 radical (unpaired) electrons. The van der Waals surface area contributed by atoms with E-state index in [1.165, 1.54) is 6.07 Å². The molecular weight excluding hydrogens is 219 g/mol. The Morgan fingerprint density at radius 1 is 1.41 bits per heavy atom. The van der Waals surface area contributed by atoms with E-state index in [4.69, 9.17) is 5.73 Å². The van der Waals surface area contributed by atoms with Gasteiger partial charge in [0.1, 0.15) is 5.82 Å². The SMILES string of the molecule is CCC(N)(CC)C(=O)Nc1cccc(C)c1F. The lowest BCUT2D eigenvalue weighted by atomic mass is 9.93. The first kappa shape index (κ1) is 13.6. The molecule has 0 fully saturated rings. The molecule has 0 aliphatic carbocycles. The number of aryl methyl sites for hydroxylation is 1. The van der Waals surface area contributed by atoms with Crippen molar-refractivity contribution in [1.82, 2.24) is 0 Å². The third kappa shape index (κ3) is 2.82. The van der Waals surface area contributed by atoms with Gasteiger partial charge in [-0.3, -0.25) is 4.79 Å². The highest BCUT2D eigenvalue weighted by molar-refractivity contribution is 5.98. The molecule has 0 atom stereocenters. The molecule has 1 aromatic rings. The van der Waals surface area contributed by atoms with E-state index in [1.54, 1.807) is 19.1 Å². The van der Waals surface area contributed by atoms with Crippen LogP contribution >= 0.6 is 0 Å². The normalized spacial score (nSPS) is 11.4. The number of amides is 1. The third-order valence-corrected chi connectivity index (χ3v) is 3.15. The second-order valence-corrected chi connectivity index (χ2v) is 4.25. The number of carbonyl (C=O) groups is 1. The van der Waals surface area contributed by atoms with Gasteiger partial charge in [-0.15, -0.1) is 0 Å². The highest BCUT2D eigenvalue weighted by Crippen LogP contribution is 2.20. The number of anilines is 1. The fraction of sp³-hybridized carbons (Fsp3) is 0.462. The zero-order valence-electron chi connectivity index (χ0n) is 10.5. The minimum Gasteiger partial charge on any atom is -0.322 e. The van der Waals surface area contributed by atoms with Crippen molar-refractivity contribution >= 4 is 11.6 Å². The van der Waals surface area contributed by atoms with E-state index in [1.807, 2.05) is 13.8 Å². The number of benzene rings is 1. The molecule has 3 nitrogen and oxygen atoms in total. The van der Waals surface area contributed by atoms with Crippen molar-refractivity contribution in [1.29, 1.82) is 0 Å². The summed E-state index contributed by atoms with van der Waals surface area (Å²) in [5.41, 5.74) is 5.69. The number of hydrogen-bond donors (Lipinski definition) is 2. The maximum Gasteiger partial charge on any atom is 0.244 e. The van der Waals surface area contributed by atoms with E-state index >= 15 is 0 Å². The van der Waals surface area contributed by atoms with Crippen molar-refractivity contribution in [2.24, 2.45) is 5.73 Å². The lowest BCUT2D eigenvalue weighted by Crippen LogP contribution is -2.50. The Hall–Kier alpha value is -1.42. The number of nitrogens with one attached hydrogen (secondary N) is 1. The van der Waals surface area contributed by atoms with Gasteiger partial charge in [0.15, 0.2) is 0 Å². The minimum atomic E-state index is -0.934. The zero-order valence-corrected chi connectivity index (χ0v) is 10.5. The highest BCUT2D eigenvalue weighted by atomic mass is 19.1. The van der Waals surface area contributed by atoms with Gasteiger partial charge in [-0.05, 0) is 31.4 Å². The monoisotopic (exact) mass is 238 g/mol. The first-order valence-electron chi connectivity index (χ1n) is 5.80. The van der Waals surface area contributed by atoms with Crippen LogP contribution in [0.15, 0.2) is 18.2 Å². The Morgan fingerprint density at radius 3 is 2.53 bits per heavy atom. The van der Waals surface area contributed by atoms with Gasteiger partial charge >= 0.3 is 0 Å². The molecule has 0 aliphatic rings. The second kappa shape index (κ2) is 5.27. The molecule has 0 saturated heterocycles. The number of hydrogen-bond acceptors (Lipinski definition) is 2. The van der Waals surface area contributed by atoms with Gasteiger partial charge in [-0.1, -0.05) is 26.0 Å². The fourth-order valence-corrected chi connectivity index (χ4v) is 1.56. The van der Waals surface area contributed by atoms with E-state index in [0.29, 0.717) is 18.4 Å². The van der Waals surface area contributed by atoms with E-state index in [0.717, 1.165) is 0 Å². The summed E-state index contributed by atoms with van der Waals surface area (Å²) in [4.78, 5) is 12.0. The van der Waals surface area contributed by atoms with Crippen LogP contribution in [0.25, 0.3) is 0 Å². The van der Waals surface area contributed by atoms with Gasteiger partial charge in [0.2, 0.25) is 5.91 Å². The molecule has 17 heavy (non-hydrogen) atoms. The number of rotatable bonds is 4. The van der Waals surface area contributed by atoms with Crippen LogP contribution in [-0.4, -0.2) is 11.4 Å². The lowest BCUT2D eigenvalue weighted by molar-refractivity contribution is -0.121. The maximum absolute atomic E-state index is 13.7. The predicted molar refractivity (Wildman–Crippen MR) is 67.3 cm³/mol. The van der Waals surface area contributed by atoms with Gasteiger partial charge < -0.3 is 11.1 Å². The van der Waals surface area contributed by atoms with Crippen LogP contribution in [0.3, 0.4) is 0 Å². The summed E-state index contributed by atoms with van der Waals surface area (Å²) in [6, 6.07) is 4.89. The molecule has 0 aliphatic heterocycles. The topological polar surface area (TPSA) is 55.1 Å². The standard InChI is InChI=1S/C13H19FN2O/c1-4-13(15,5-2)12(17)16-10-8-6-7-9(3)11(10)14/h6-8H,4-5,15H2,1-3H3,(H,16,17). The largest absolute Gasteiger partial charge is 0.322 e. The summed E-state index contributed by atoms with van der Waals surface area (Å²) in [7, 11) is 0. The van der Waals surface area contributed by atoms with Crippen LogP contribution in [0.5, 0.6) is 0 Å². The Labute approximate surface area is 101 Å². The molecule has 4 heteroatoms. The van der Waals surface area contributed by atoms with Crippen molar-refractivity contribution in [2.45, 2.75) is 39.2 Å². The summed E-state index contributed by atoms with van der Waals surface area (Å²) < 4.78 is 13.7. The fourth-order valence-electron chi connectivity index (χ4n) is 1.56. The van der Waals surface area contributed by atoms with Gasteiger partial charge in [0, 0.05) is 0 Å². The zero-order chi connectivity index (χ0) is 13.1. The summed E-state index contributed by atoms with van der Waals surface area (Å²) >= 11 is 0. The van der Waals surface area contributed by atoms with Gasteiger partial charge in [-0.25, -0.2) is 4.39 Å². The second-order valence-electron chi connectivity index (χ2n) is 4.25. The molecule has 1 rings (SSSR count). The van der Waals surface area contributed by atoms with Crippen molar-refractivity contribution < 1.29 is 9.18 Å². The van der Waals surface area contributed by atoms with Crippen LogP contribution in [-0.2, 0) is 4.79 Å². The number of carbonyl (C=O) groups excluding carboxylic acids is 1. The Balaban J connectivity index is 2.92.